The van der Waals surface area contributed by atoms with Gasteiger partial charge in [-0.2, -0.15) is 0 Å². The van der Waals surface area contributed by atoms with Crippen molar-refractivity contribution in [3.05, 3.63) is 65.7 Å². The Hall–Kier alpha value is -2.47. The van der Waals surface area contributed by atoms with Gasteiger partial charge in [-0.05, 0) is 61.7 Å². The summed E-state index contributed by atoms with van der Waals surface area (Å²) in [5, 5.41) is 2.98. The molecule has 0 aliphatic carbocycles. The average Bonchev–Trinajstić information content (AvgIpc) is 2.95. The smallest absolute Gasteiger partial charge is 0.237 e. The number of anilines is 1. The third-order valence-electron chi connectivity index (χ3n) is 5.28. The summed E-state index contributed by atoms with van der Waals surface area (Å²) in [6.07, 6.45) is 1.63. The first-order valence-corrected chi connectivity index (χ1v) is 9.79. The molecular weight excluding hydrogens is 360 g/mol. The van der Waals surface area contributed by atoms with Gasteiger partial charge in [0.25, 0.3) is 0 Å². The molecule has 6 heteroatoms. The van der Waals surface area contributed by atoms with Crippen LogP contribution in [0.1, 0.15) is 18.9 Å². The largest absolute Gasteiger partial charge is 0.370 e. The number of hydrogen-bond donors (Lipinski definition) is 1. The van der Waals surface area contributed by atoms with E-state index < -0.39 is 0 Å². The normalized spacial score (nSPS) is 16.5. The topological polar surface area (TPSA) is 35.6 Å². The molecule has 0 aromatic heterocycles. The first-order valence-electron chi connectivity index (χ1n) is 9.79. The summed E-state index contributed by atoms with van der Waals surface area (Å²) in [7, 11) is 0. The monoisotopic (exact) mass is 387 g/mol. The van der Waals surface area contributed by atoms with Crippen molar-refractivity contribution in [2.24, 2.45) is 0 Å². The van der Waals surface area contributed by atoms with Crippen molar-refractivity contribution in [2.75, 3.05) is 37.6 Å². The van der Waals surface area contributed by atoms with Gasteiger partial charge in [-0.1, -0.05) is 12.1 Å². The number of hydrogen-bond acceptors (Lipinski definition) is 3. The molecule has 150 valence electrons. The maximum atomic E-state index is 13.1. The van der Waals surface area contributed by atoms with Gasteiger partial charge >= 0.3 is 0 Å². The van der Waals surface area contributed by atoms with Crippen LogP contribution in [-0.4, -0.2) is 49.6 Å². The molecule has 0 saturated carbocycles. The van der Waals surface area contributed by atoms with Crippen molar-refractivity contribution in [1.29, 1.82) is 0 Å². The molecule has 0 radical (unpaired) electrons. The molecule has 1 amide bonds. The van der Waals surface area contributed by atoms with Crippen LogP contribution in [0.4, 0.5) is 14.5 Å². The van der Waals surface area contributed by atoms with Crippen LogP contribution >= 0.6 is 0 Å². The fourth-order valence-corrected chi connectivity index (χ4v) is 3.53. The minimum Gasteiger partial charge on any atom is -0.370 e. The van der Waals surface area contributed by atoms with Gasteiger partial charge in [-0.15, -0.1) is 0 Å². The first kappa shape index (κ1) is 20.3. The Balaban J connectivity index is 1.46. The predicted octanol–water partition coefficient (Wildman–Crippen LogP) is 3.22. The second kappa shape index (κ2) is 9.64. The number of nitrogens with zero attached hydrogens (tertiary/aromatic N) is 2. The van der Waals surface area contributed by atoms with Gasteiger partial charge in [-0.3, -0.25) is 9.69 Å². The molecule has 1 aliphatic rings. The van der Waals surface area contributed by atoms with Crippen LogP contribution in [-0.2, 0) is 11.2 Å². The van der Waals surface area contributed by atoms with Gasteiger partial charge in [0.2, 0.25) is 5.91 Å². The quantitative estimate of drug-likeness (QED) is 0.827. The molecule has 1 atom stereocenters. The van der Waals surface area contributed by atoms with Gasteiger partial charge in [-0.25, -0.2) is 8.78 Å². The number of amides is 1. The molecule has 4 nitrogen and oxygen atoms in total. The molecule has 1 heterocycles. The van der Waals surface area contributed by atoms with Gasteiger partial charge < -0.3 is 10.2 Å². The number of halogens is 2. The standard InChI is InChI=1S/C22H27F2N3O/c1-17(22(28)25-12-11-18-3-5-19(23)6-4-18)26-13-2-14-27(16-15-26)21-9-7-20(24)8-10-21/h3-10,17H,2,11-16H2,1H3,(H,25,28). The molecule has 0 bridgehead atoms. The first-order chi connectivity index (χ1) is 13.5. The highest BCUT2D eigenvalue weighted by Crippen LogP contribution is 2.18. The zero-order valence-corrected chi connectivity index (χ0v) is 16.2. The van der Waals surface area contributed by atoms with E-state index in [4.69, 9.17) is 0 Å². The summed E-state index contributed by atoms with van der Waals surface area (Å²) >= 11 is 0. The summed E-state index contributed by atoms with van der Waals surface area (Å²) in [5.74, 6) is -0.472. The van der Waals surface area contributed by atoms with E-state index in [1.54, 1.807) is 24.3 Å². The Morgan fingerprint density at radius 1 is 0.964 bits per heavy atom. The maximum absolute atomic E-state index is 13.1. The Labute approximate surface area is 165 Å². The van der Waals surface area contributed by atoms with E-state index in [0.717, 1.165) is 43.9 Å². The SMILES string of the molecule is CC(C(=O)NCCc1ccc(F)cc1)N1CCCN(c2ccc(F)cc2)CC1. The van der Waals surface area contributed by atoms with E-state index in [-0.39, 0.29) is 23.6 Å². The van der Waals surface area contributed by atoms with Crippen molar-refractivity contribution in [3.8, 4) is 0 Å². The Kier molecular flexibility index (Phi) is 6.98. The van der Waals surface area contributed by atoms with Crippen molar-refractivity contribution in [2.45, 2.75) is 25.8 Å². The van der Waals surface area contributed by atoms with E-state index in [0.29, 0.717) is 13.0 Å². The minimum atomic E-state index is -0.253. The molecule has 1 saturated heterocycles. The predicted molar refractivity (Wildman–Crippen MR) is 107 cm³/mol. The highest BCUT2D eigenvalue weighted by Gasteiger charge is 2.24. The third kappa shape index (κ3) is 5.52. The highest BCUT2D eigenvalue weighted by molar-refractivity contribution is 5.81. The number of nitrogens with one attached hydrogen (secondary N) is 1. The van der Waals surface area contributed by atoms with Crippen LogP contribution < -0.4 is 10.2 Å². The molecule has 2 aromatic rings. The van der Waals surface area contributed by atoms with Gasteiger partial charge in [0.1, 0.15) is 11.6 Å². The summed E-state index contributed by atoms with van der Waals surface area (Å²) in [6.45, 7) is 5.79. The fraction of sp³-hybridized carbons (Fsp3) is 0.409. The summed E-state index contributed by atoms with van der Waals surface area (Å²) in [6, 6.07) is 12.7. The molecular formula is C22H27F2N3O. The molecule has 2 aromatic carbocycles. The summed E-state index contributed by atoms with van der Waals surface area (Å²) in [5.41, 5.74) is 2.01. The van der Waals surface area contributed by atoms with Crippen LogP contribution in [0.3, 0.4) is 0 Å². The third-order valence-corrected chi connectivity index (χ3v) is 5.28. The Morgan fingerprint density at radius 2 is 1.61 bits per heavy atom. The van der Waals surface area contributed by atoms with Crippen LogP contribution in [0, 0.1) is 11.6 Å². The summed E-state index contributed by atoms with van der Waals surface area (Å²) in [4.78, 5) is 16.9. The lowest BCUT2D eigenvalue weighted by Crippen LogP contribution is -2.47. The highest BCUT2D eigenvalue weighted by atomic mass is 19.1. The summed E-state index contributed by atoms with van der Waals surface area (Å²) < 4.78 is 26.1. The van der Waals surface area contributed by atoms with Crippen LogP contribution in [0.25, 0.3) is 0 Å². The van der Waals surface area contributed by atoms with E-state index in [1.165, 1.54) is 24.3 Å². The molecule has 1 aliphatic heterocycles. The van der Waals surface area contributed by atoms with Crippen LogP contribution in [0.5, 0.6) is 0 Å². The molecule has 1 fully saturated rings. The van der Waals surface area contributed by atoms with Gasteiger partial charge in [0.15, 0.2) is 0 Å². The fourth-order valence-electron chi connectivity index (χ4n) is 3.53. The maximum Gasteiger partial charge on any atom is 0.237 e. The number of carbonyl (C=O) groups is 1. The van der Waals surface area contributed by atoms with Crippen molar-refractivity contribution in [1.82, 2.24) is 10.2 Å². The van der Waals surface area contributed by atoms with Crippen molar-refractivity contribution in [3.63, 3.8) is 0 Å². The molecule has 0 spiro atoms. The minimum absolute atomic E-state index is 0.0114. The molecule has 3 rings (SSSR count). The molecule has 1 N–H and O–H groups in total. The van der Waals surface area contributed by atoms with E-state index in [2.05, 4.69) is 15.1 Å². The lowest BCUT2D eigenvalue weighted by molar-refractivity contribution is -0.125. The molecule has 28 heavy (non-hydrogen) atoms. The van der Waals surface area contributed by atoms with Crippen LogP contribution in [0.15, 0.2) is 48.5 Å². The second-order valence-electron chi connectivity index (χ2n) is 7.20. The van der Waals surface area contributed by atoms with Crippen molar-refractivity contribution >= 4 is 11.6 Å². The van der Waals surface area contributed by atoms with Crippen molar-refractivity contribution < 1.29 is 13.6 Å². The lowest BCUT2D eigenvalue weighted by Gasteiger charge is -2.27. The Morgan fingerprint density at radius 3 is 2.29 bits per heavy atom. The number of benzene rings is 2. The van der Waals surface area contributed by atoms with Gasteiger partial charge in [0, 0.05) is 38.4 Å². The van der Waals surface area contributed by atoms with E-state index in [1.807, 2.05) is 6.92 Å². The lowest BCUT2D eigenvalue weighted by atomic mass is 10.1. The molecule has 1 unspecified atom stereocenters. The van der Waals surface area contributed by atoms with E-state index in [9.17, 15) is 13.6 Å². The van der Waals surface area contributed by atoms with Crippen LogP contribution in [0.2, 0.25) is 0 Å². The number of carbonyl (C=O) groups excluding carboxylic acids is 1. The zero-order valence-electron chi connectivity index (χ0n) is 16.2. The zero-order chi connectivity index (χ0) is 19.9. The average molecular weight is 387 g/mol. The Bertz CT molecular complexity index is 764. The number of rotatable bonds is 6. The van der Waals surface area contributed by atoms with Gasteiger partial charge in [0.05, 0.1) is 6.04 Å². The van der Waals surface area contributed by atoms with E-state index >= 15 is 0 Å². The second-order valence-corrected chi connectivity index (χ2v) is 7.20.